The zero-order chi connectivity index (χ0) is 17.3. The number of aromatic nitrogens is 1. The Labute approximate surface area is 156 Å². The number of carbonyl (C=O) groups is 1. The minimum atomic E-state index is -0.416. The first-order valence-electron chi connectivity index (χ1n) is 8.48. The summed E-state index contributed by atoms with van der Waals surface area (Å²) in [6.07, 6.45) is 1.74. The summed E-state index contributed by atoms with van der Waals surface area (Å²) in [5.41, 5.74) is 1.61. The van der Waals surface area contributed by atoms with Gasteiger partial charge in [0.15, 0.2) is 5.13 Å². The van der Waals surface area contributed by atoms with Crippen LogP contribution in [0.3, 0.4) is 0 Å². The maximum Gasteiger partial charge on any atom is 0.236 e. The molecule has 1 amide bonds. The Morgan fingerprint density at radius 1 is 1.28 bits per heavy atom. The highest BCUT2D eigenvalue weighted by Gasteiger charge is 2.51. The second-order valence-corrected chi connectivity index (χ2v) is 7.87. The Morgan fingerprint density at radius 3 is 2.68 bits per heavy atom. The van der Waals surface area contributed by atoms with Crippen molar-refractivity contribution in [2.45, 2.75) is 24.8 Å². The average Bonchev–Trinajstić information content (AvgIpc) is 3.33. The first-order valence-corrected chi connectivity index (χ1v) is 9.73. The summed E-state index contributed by atoms with van der Waals surface area (Å²) in [4.78, 5) is 19.7. The number of ether oxygens (including phenoxy) is 1. The number of rotatable bonds is 5. The van der Waals surface area contributed by atoms with Gasteiger partial charge in [0.1, 0.15) is 0 Å². The quantitative estimate of drug-likeness (QED) is 0.868. The highest BCUT2D eigenvalue weighted by atomic mass is 35.5. The number of nitrogens with zero attached hydrogens (tertiary/aromatic N) is 2. The third kappa shape index (κ3) is 3.72. The summed E-state index contributed by atoms with van der Waals surface area (Å²) in [6.45, 7) is 4.21. The van der Waals surface area contributed by atoms with Crippen LogP contribution in [0.15, 0.2) is 29.6 Å². The lowest BCUT2D eigenvalue weighted by atomic mass is 9.95. The van der Waals surface area contributed by atoms with Crippen molar-refractivity contribution in [3.8, 4) is 0 Å². The standard InChI is InChI=1S/C18H20ClN3O2S/c19-14-3-1-13(2-4-14)18(5-6-18)16(23)21-17-20-15(12-25-17)11-22-7-9-24-10-8-22/h1-4,12H,5-11H2,(H,20,21,23). The summed E-state index contributed by atoms with van der Waals surface area (Å²) in [5, 5.41) is 6.39. The number of amides is 1. The molecule has 1 saturated carbocycles. The van der Waals surface area contributed by atoms with Crippen LogP contribution < -0.4 is 5.32 Å². The number of carbonyl (C=O) groups excluding carboxylic acids is 1. The van der Waals surface area contributed by atoms with Crippen LogP contribution in [0.1, 0.15) is 24.1 Å². The molecular formula is C18H20ClN3O2S. The average molecular weight is 378 g/mol. The molecule has 132 valence electrons. The summed E-state index contributed by atoms with van der Waals surface area (Å²) in [6, 6.07) is 7.57. The van der Waals surface area contributed by atoms with E-state index in [-0.39, 0.29) is 5.91 Å². The predicted octanol–water partition coefficient (Wildman–Crippen LogP) is 3.30. The molecule has 1 N–H and O–H groups in total. The van der Waals surface area contributed by atoms with Gasteiger partial charge < -0.3 is 10.1 Å². The van der Waals surface area contributed by atoms with Crippen molar-refractivity contribution in [1.29, 1.82) is 0 Å². The Morgan fingerprint density at radius 2 is 2.00 bits per heavy atom. The normalized spacial score (nSPS) is 19.6. The monoisotopic (exact) mass is 377 g/mol. The van der Waals surface area contributed by atoms with Gasteiger partial charge in [-0.15, -0.1) is 11.3 Å². The number of nitrogens with one attached hydrogen (secondary N) is 1. The van der Waals surface area contributed by atoms with E-state index in [1.54, 1.807) is 0 Å². The molecule has 1 aromatic heterocycles. The van der Waals surface area contributed by atoms with Crippen LogP contribution >= 0.6 is 22.9 Å². The molecule has 7 heteroatoms. The van der Waals surface area contributed by atoms with Crippen LogP contribution in [0.4, 0.5) is 5.13 Å². The molecule has 2 aliphatic rings. The van der Waals surface area contributed by atoms with Crippen LogP contribution in [0.25, 0.3) is 0 Å². The highest BCUT2D eigenvalue weighted by Crippen LogP contribution is 2.49. The minimum absolute atomic E-state index is 0.0297. The summed E-state index contributed by atoms with van der Waals surface area (Å²) in [7, 11) is 0. The molecule has 0 bridgehead atoms. The number of morpholine rings is 1. The lowest BCUT2D eigenvalue weighted by Gasteiger charge is -2.25. The molecule has 0 spiro atoms. The first kappa shape index (κ1) is 17.0. The number of thiazole rings is 1. The van der Waals surface area contributed by atoms with Crippen molar-refractivity contribution in [2.24, 2.45) is 0 Å². The fraction of sp³-hybridized carbons (Fsp3) is 0.444. The third-order valence-corrected chi connectivity index (χ3v) is 5.90. The summed E-state index contributed by atoms with van der Waals surface area (Å²) >= 11 is 7.44. The van der Waals surface area contributed by atoms with E-state index in [9.17, 15) is 4.79 Å². The molecule has 0 atom stereocenters. The Bertz CT molecular complexity index is 752. The van der Waals surface area contributed by atoms with Crippen molar-refractivity contribution in [1.82, 2.24) is 9.88 Å². The molecule has 0 unspecified atom stereocenters. The molecule has 4 rings (SSSR count). The van der Waals surface area contributed by atoms with Gasteiger partial charge in [-0.1, -0.05) is 23.7 Å². The molecule has 1 aliphatic carbocycles. The van der Waals surface area contributed by atoms with E-state index in [4.69, 9.17) is 16.3 Å². The van der Waals surface area contributed by atoms with E-state index in [1.807, 2.05) is 29.6 Å². The van der Waals surface area contributed by atoms with Crippen molar-refractivity contribution in [3.63, 3.8) is 0 Å². The smallest absolute Gasteiger partial charge is 0.236 e. The Kier molecular flexibility index (Phi) is 4.78. The zero-order valence-electron chi connectivity index (χ0n) is 13.8. The van der Waals surface area contributed by atoms with Crippen LogP contribution in [0.5, 0.6) is 0 Å². The minimum Gasteiger partial charge on any atom is -0.379 e. The summed E-state index contributed by atoms with van der Waals surface area (Å²) in [5.74, 6) is 0.0297. The molecular weight excluding hydrogens is 358 g/mol. The Balaban J connectivity index is 1.40. The third-order valence-electron chi connectivity index (χ3n) is 4.84. The maximum atomic E-state index is 12.8. The van der Waals surface area contributed by atoms with Gasteiger partial charge in [-0.2, -0.15) is 0 Å². The van der Waals surface area contributed by atoms with Crippen molar-refractivity contribution < 1.29 is 9.53 Å². The molecule has 1 aromatic carbocycles. The fourth-order valence-corrected chi connectivity index (χ4v) is 4.01. The second kappa shape index (κ2) is 7.03. The summed E-state index contributed by atoms with van der Waals surface area (Å²) < 4.78 is 5.36. The first-order chi connectivity index (χ1) is 12.2. The molecule has 5 nitrogen and oxygen atoms in total. The number of hydrogen-bond acceptors (Lipinski definition) is 5. The Hall–Kier alpha value is -1.47. The largest absolute Gasteiger partial charge is 0.379 e. The molecule has 2 fully saturated rings. The van der Waals surface area contributed by atoms with Crippen LogP contribution in [-0.2, 0) is 21.5 Å². The topological polar surface area (TPSA) is 54.5 Å². The molecule has 2 aromatic rings. The SMILES string of the molecule is O=C(Nc1nc(CN2CCOCC2)cs1)C1(c2ccc(Cl)cc2)CC1. The van der Waals surface area contributed by atoms with Crippen LogP contribution in [-0.4, -0.2) is 42.1 Å². The van der Waals surface area contributed by atoms with Crippen molar-refractivity contribution in [2.75, 3.05) is 31.6 Å². The van der Waals surface area contributed by atoms with E-state index in [0.717, 1.165) is 56.9 Å². The molecule has 1 aliphatic heterocycles. The maximum absolute atomic E-state index is 12.8. The number of benzene rings is 1. The number of hydrogen-bond donors (Lipinski definition) is 1. The number of anilines is 1. The lowest BCUT2D eigenvalue weighted by Crippen LogP contribution is -2.35. The second-order valence-electron chi connectivity index (χ2n) is 6.58. The predicted molar refractivity (Wildman–Crippen MR) is 99.2 cm³/mol. The van der Waals surface area contributed by atoms with E-state index in [2.05, 4.69) is 15.2 Å². The lowest BCUT2D eigenvalue weighted by molar-refractivity contribution is -0.118. The van der Waals surface area contributed by atoms with Gasteiger partial charge in [-0.25, -0.2) is 4.98 Å². The van der Waals surface area contributed by atoms with Gasteiger partial charge in [0.2, 0.25) is 5.91 Å². The van der Waals surface area contributed by atoms with E-state index < -0.39 is 5.41 Å². The van der Waals surface area contributed by atoms with Crippen LogP contribution in [0, 0.1) is 0 Å². The van der Waals surface area contributed by atoms with Crippen molar-refractivity contribution >= 4 is 34.0 Å². The van der Waals surface area contributed by atoms with E-state index in [1.165, 1.54) is 11.3 Å². The fourth-order valence-electron chi connectivity index (χ4n) is 3.18. The van der Waals surface area contributed by atoms with Gasteiger partial charge in [0, 0.05) is 30.0 Å². The molecule has 1 saturated heterocycles. The molecule has 2 heterocycles. The van der Waals surface area contributed by atoms with Gasteiger partial charge in [0.05, 0.1) is 24.3 Å². The zero-order valence-corrected chi connectivity index (χ0v) is 15.4. The molecule has 0 radical (unpaired) electrons. The highest BCUT2D eigenvalue weighted by molar-refractivity contribution is 7.13. The van der Waals surface area contributed by atoms with E-state index >= 15 is 0 Å². The van der Waals surface area contributed by atoms with Gasteiger partial charge in [-0.3, -0.25) is 9.69 Å². The number of halogens is 1. The van der Waals surface area contributed by atoms with Gasteiger partial charge in [-0.05, 0) is 30.5 Å². The van der Waals surface area contributed by atoms with Crippen LogP contribution in [0.2, 0.25) is 5.02 Å². The molecule has 25 heavy (non-hydrogen) atoms. The van der Waals surface area contributed by atoms with Gasteiger partial charge in [0.25, 0.3) is 0 Å². The van der Waals surface area contributed by atoms with Crippen molar-refractivity contribution in [3.05, 3.63) is 45.9 Å². The van der Waals surface area contributed by atoms with E-state index in [0.29, 0.717) is 10.2 Å². The van der Waals surface area contributed by atoms with Gasteiger partial charge >= 0.3 is 0 Å².